The van der Waals surface area contributed by atoms with E-state index in [0.717, 1.165) is 115 Å². The second-order valence-electron chi connectivity index (χ2n) is 17.3. The molecule has 0 radical (unpaired) electrons. The van der Waals surface area contributed by atoms with Gasteiger partial charge in [-0.1, -0.05) is 152 Å². The minimum atomic E-state index is 0.337. The molecule has 6 heteroatoms. The van der Waals surface area contributed by atoms with Crippen molar-refractivity contribution in [1.82, 2.24) is 9.13 Å². The van der Waals surface area contributed by atoms with Gasteiger partial charge in [-0.3, -0.25) is 0 Å². The van der Waals surface area contributed by atoms with Crippen molar-refractivity contribution in [2.24, 2.45) is 0 Å². The van der Waals surface area contributed by atoms with Gasteiger partial charge in [-0.2, -0.15) is 5.26 Å². The van der Waals surface area contributed by atoms with Crippen LogP contribution in [0.5, 0.6) is 0 Å². The molecule has 0 N–H and O–H groups in total. The van der Waals surface area contributed by atoms with E-state index in [1.807, 2.05) is 66.7 Å². The first-order valence-electron chi connectivity index (χ1n) is 22.6. The number of nitrogens with zero attached hydrogens (tertiary/aromatic N) is 4. The number of hydrogen-bond donors (Lipinski definition) is 0. The number of furan rings is 2. The van der Waals surface area contributed by atoms with Crippen molar-refractivity contribution in [1.29, 1.82) is 5.26 Å². The Hall–Kier alpha value is -9.62. The van der Waals surface area contributed by atoms with Crippen LogP contribution in [0, 0.1) is 17.9 Å². The highest BCUT2D eigenvalue weighted by atomic mass is 16.3. The number of para-hydroxylation sites is 2. The molecule has 4 aromatic heterocycles. The highest BCUT2D eigenvalue weighted by Gasteiger charge is 2.30. The summed E-state index contributed by atoms with van der Waals surface area (Å²) in [6.45, 7) is 8.97. The largest absolute Gasteiger partial charge is 0.454 e. The maximum Gasteiger partial charge on any atom is 0.212 e. The monoisotopic (exact) mass is 866 g/mol. The van der Waals surface area contributed by atoms with Crippen molar-refractivity contribution in [3.8, 4) is 50.8 Å². The Bertz CT molecular complexity index is 4230. The Kier molecular flexibility index (Phi) is 8.01. The molecule has 10 aromatic carbocycles. The molecular weight excluding hydrogens is 833 g/mol. The molecule has 0 bridgehead atoms. The number of aromatic nitrogens is 2. The lowest BCUT2D eigenvalue weighted by Crippen LogP contribution is -2.07. The molecule has 314 valence electrons. The summed E-state index contributed by atoms with van der Waals surface area (Å²) in [6, 6.07) is 73.4. The van der Waals surface area contributed by atoms with Gasteiger partial charge in [0.25, 0.3) is 0 Å². The summed E-state index contributed by atoms with van der Waals surface area (Å²) in [6.07, 6.45) is 0. The third-order valence-corrected chi connectivity index (χ3v) is 13.8. The molecule has 4 heterocycles. The number of benzene rings is 10. The molecule has 0 aliphatic heterocycles. The van der Waals surface area contributed by atoms with Crippen LogP contribution in [0.25, 0.3) is 137 Å². The van der Waals surface area contributed by atoms with Gasteiger partial charge in [0.2, 0.25) is 5.69 Å². The zero-order valence-corrected chi connectivity index (χ0v) is 36.2. The first kappa shape index (κ1) is 37.7. The average molecular weight is 867 g/mol. The number of hydrogen-bond acceptors (Lipinski definition) is 3. The van der Waals surface area contributed by atoms with Gasteiger partial charge in [-0.25, -0.2) is 4.85 Å². The molecule has 14 rings (SSSR count). The summed E-state index contributed by atoms with van der Waals surface area (Å²) in [5.74, 6) is 0. The van der Waals surface area contributed by atoms with Gasteiger partial charge in [-0.15, -0.1) is 0 Å². The van der Waals surface area contributed by atoms with Crippen LogP contribution < -0.4 is 0 Å². The van der Waals surface area contributed by atoms with Crippen molar-refractivity contribution in [3.63, 3.8) is 0 Å². The third kappa shape index (κ3) is 5.31. The van der Waals surface area contributed by atoms with E-state index in [1.54, 1.807) is 6.07 Å². The van der Waals surface area contributed by atoms with Gasteiger partial charge in [0.05, 0.1) is 45.6 Å². The topological polar surface area (TPSA) is 64.3 Å². The molecule has 6 nitrogen and oxygen atoms in total. The standard InChI is InChI=1S/C62H34N4O2/c1-64-51-35-42(36-63)57(65-52-31-25-40(37-15-5-2-6-16-37)33-49(52)45-27-29-47-43-21-11-13-23-54(43)67-61(47)58(45)65)56(39-19-9-4-10-20-39)60(51)66-53-32-26-41(38-17-7-3-8-18-38)34-50(53)46-28-30-48-44-22-12-14-24-55(44)68-62(48)59(46)66/h2-35H. The fraction of sp³-hybridized carbons (Fsp3) is 0. The normalized spacial score (nSPS) is 11.8. The summed E-state index contributed by atoms with van der Waals surface area (Å²) >= 11 is 0. The van der Waals surface area contributed by atoms with E-state index in [1.165, 1.54) is 0 Å². The van der Waals surface area contributed by atoms with Crippen molar-refractivity contribution < 1.29 is 8.83 Å². The lowest BCUT2D eigenvalue weighted by Gasteiger charge is -2.23. The Morgan fingerprint density at radius 2 is 0.838 bits per heavy atom. The molecular formula is C62H34N4O2. The lowest BCUT2D eigenvalue weighted by atomic mass is 9.95. The van der Waals surface area contributed by atoms with Crippen LogP contribution >= 0.6 is 0 Å². The van der Waals surface area contributed by atoms with E-state index in [9.17, 15) is 5.26 Å². The Morgan fingerprint density at radius 3 is 1.32 bits per heavy atom. The highest BCUT2D eigenvalue weighted by Crippen LogP contribution is 2.50. The molecule has 0 fully saturated rings. The molecule has 0 saturated carbocycles. The summed E-state index contributed by atoms with van der Waals surface area (Å²) < 4.78 is 18.3. The molecule has 0 unspecified atom stereocenters. The SMILES string of the molecule is [C-]#[N+]c1cc(C#N)c(-n2c3ccc(-c4ccccc4)cc3c3ccc4c5ccccc5oc4c32)c(-c2ccccc2)c1-n1c2ccc(-c3ccccc3)cc2c2ccc3c4ccccc4oc3c21. The maximum atomic E-state index is 11.5. The predicted octanol–water partition coefficient (Wildman–Crippen LogP) is 17.1. The molecule has 14 aromatic rings. The van der Waals surface area contributed by atoms with Crippen molar-refractivity contribution >= 4 is 93.2 Å². The van der Waals surface area contributed by atoms with E-state index >= 15 is 0 Å². The van der Waals surface area contributed by atoms with Gasteiger partial charge in [0.1, 0.15) is 17.2 Å². The fourth-order valence-corrected chi connectivity index (χ4v) is 10.8. The highest BCUT2D eigenvalue weighted by molar-refractivity contribution is 6.24. The van der Waals surface area contributed by atoms with Crippen LogP contribution in [0.1, 0.15) is 5.56 Å². The smallest absolute Gasteiger partial charge is 0.212 e. The molecule has 0 amide bonds. The number of fused-ring (bicyclic) bond motifs is 14. The van der Waals surface area contributed by atoms with Gasteiger partial charge < -0.3 is 18.0 Å². The predicted molar refractivity (Wildman–Crippen MR) is 277 cm³/mol. The second-order valence-corrected chi connectivity index (χ2v) is 17.3. The fourth-order valence-electron chi connectivity index (χ4n) is 10.8. The number of rotatable bonds is 5. The summed E-state index contributed by atoms with van der Waals surface area (Å²) in [4.78, 5) is 4.31. The van der Waals surface area contributed by atoms with Crippen LogP contribution in [0.3, 0.4) is 0 Å². The molecule has 0 aliphatic rings. The van der Waals surface area contributed by atoms with Crippen LogP contribution in [-0.4, -0.2) is 9.13 Å². The van der Waals surface area contributed by atoms with Crippen LogP contribution in [0.15, 0.2) is 215 Å². The first-order valence-corrected chi connectivity index (χ1v) is 22.6. The summed E-state index contributed by atoms with van der Waals surface area (Å²) in [5, 5.41) is 19.4. The first-order chi connectivity index (χ1) is 33.7. The van der Waals surface area contributed by atoms with Crippen molar-refractivity contribution in [2.45, 2.75) is 0 Å². The molecule has 0 spiro atoms. The third-order valence-electron chi connectivity index (χ3n) is 13.8. The second kappa shape index (κ2) is 14.4. The maximum absolute atomic E-state index is 11.5. The van der Waals surface area contributed by atoms with Crippen molar-refractivity contribution in [2.75, 3.05) is 0 Å². The minimum absolute atomic E-state index is 0.337. The Balaban J connectivity index is 1.20. The van der Waals surface area contributed by atoms with Gasteiger partial charge in [0.15, 0.2) is 11.2 Å². The van der Waals surface area contributed by atoms with Gasteiger partial charge >= 0.3 is 0 Å². The quantitative estimate of drug-likeness (QED) is 0.162. The van der Waals surface area contributed by atoms with E-state index < -0.39 is 0 Å². The number of nitriles is 1. The molecule has 68 heavy (non-hydrogen) atoms. The van der Waals surface area contributed by atoms with Gasteiger partial charge in [-0.05, 0) is 82.4 Å². The minimum Gasteiger partial charge on any atom is -0.454 e. The zero-order valence-electron chi connectivity index (χ0n) is 36.2. The van der Waals surface area contributed by atoms with E-state index in [4.69, 9.17) is 15.4 Å². The molecule has 0 atom stereocenters. The average Bonchev–Trinajstić information content (AvgIpc) is 4.16. The van der Waals surface area contributed by atoms with E-state index in [-0.39, 0.29) is 0 Å². The summed E-state index contributed by atoms with van der Waals surface area (Å²) in [5.41, 5.74) is 14.4. The van der Waals surface area contributed by atoms with E-state index in [2.05, 4.69) is 154 Å². The molecule has 0 saturated heterocycles. The Labute approximate surface area is 388 Å². The van der Waals surface area contributed by atoms with E-state index in [0.29, 0.717) is 28.2 Å². The van der Waals surface area contributed by atoms with Crippen LogP contribution in [0.2, 0.25) is 0 Å². The lowest BCUT2D eigenvalue weighted by molar-refractivity contribution is 0.671. The van der Waals surface area contributed by atoms with Crippen LogP contribution in [-0.2, 0) is 0 Å². The Morgan fingerprint density at radius 1 is 0.397 bits per heavy atom. The van der Waals surface area contributed by atoms with Crippen molar-refractivity contribution in [3.05, 3.63) is 223 Å². The zero-order chi connectivity index (χ0) is 45.0. The van der Waals surface area contributed by atoms with Gasteiger partial charge in [0, 0.05) is 48.7 Å². The van der Waals surface area contributed by atoms with Crippen LogP contribution in [0.4, 0.5) is 5.69 Å². The molecule has 0 aliphatic carbocycles. The summed E-state index contributed by atoms with van der Waals surface area (Å²) in [7, 11) is 0.